The van der Waals surface area contributed by atoms with Crippen molar-refractivity contribution in [1.82, 2.24) is 14.8 Å². The molecule has 2 rings (SSSR count). The molecule has 1 aromatic carbocycles. The van der Waals surface area contributed by atoms with Gasteiger partial charge in [0.1, 0.15) is 0 Å². The van der Waals surface area contributed by atoms with E-state index in [-0.39, 0.29) is 0 Å². The molecule has 3 nitrogen and oxygen atoms in total. The molecule has 0 fully saturated rings. The summed E-state index contributed by atoms with van der Waals surface area (Å²) in [5.41, 5.74) is 1.28. The molecule has 0 aliphatic heterocycles. The van der Waals surface area contributed by atoms with E-state index in [1.54, 1.807) is 0 Å². The van der Waals surface area contributed by atoms with Crippen LogP contribution in [-0.4, -0.2) is 14.8 Å². The number of nitrogens with one attached hydrogen (secondary N) is 1. The molecule has 0 amide bonds. The molecule has 0 unspecified atom stereocenters. The first-order valence-electron chi connectivity index (χ1n) is 4.37. The Balaban J connectivity index is 2.23. The van der Waals surface area contributed by atoms with Crippen LogP contribution in [0.5, 0.6) is 0 Å². The van der Waals surface area contributed by atoms with Gasteiger partial charge in [0.15, 0.2) is 0 Å². The van der Waals surface area contributed by atoms with Gasteiger partial charge >= 0.3 is 93.1 Å². The van der Waals surface area contributed by atoms with Gasteiger partial charge in [-0.25, -0.2) is 0 Å². The molecule has 4 heteroatoms. The van der Waals surface area contributed by atoms with E-state index in [0.717, 1.165) is 16.0 Å². The van der Waals surface area contributed by atoms with Crippen molar-refractivity contribution in [1.29, 1.82) is 0 Å². The Morgan fingerprint density at radius 3 is 2.64 bits per heavy atom. The molecule has 1 aromatic heterocycles. The predicted octanol–water partition coefficient (Wildman–Crippen LogP) is 1.42. The molecular weight excluding hydrogens is 357 g/mol. The van der Waals surface area contributed by atoms with Gasteiger partial charge in [-0.15, -0.1) is 0 Å². The summed E-state index contributed by atoms with van der Waals surface area (Å²) in [6.45, 7) is 0. The van der Waals surface area contributed by atoms with E-state index in [1.807, 2.05) is 29.9 Å². The minimum atomic E-state index is 0.859. The monoisotopic (exact) mass is 368 g/mol. The fourth-order valence-electron chi connectivity index (χ4n) is 1.31. The third-order valence-corrected chi connectivity index (χ3v) is 3.00. The minimum absolute atomic E-state index is 0.859. The number of nitrogens with zero attached hydrogens (tertiary/aromatic N) is 2. The van der Waals surface area contributed by atoms with Crippen molar-refractivity contribution < 1.29 is 19.4 Å². The van der Waals surface area contributed by atoms with Crippen molar-refractivity contribution >= 4 is 0 Å². The second-order valence-electron chi connectivity index (χ2n) is 3.13. The van der Waals surface area contributed by atoms with Crippen molar-refractivity contribution in [2.75, 3.05) is 0 Å². The average molecular weight is 368 g/mol. The zero-order valence-electron chi connectivity index (χ0n) is 7.80. The van der Waals surface area contributed by atoms with Gasteiger partial charge in [0.05, 0.1) is 0 Å². The second kappa shape index (κ2) is 4.05. The van der Waals surface area contributed by atoms with Crippen LogP contribution in [0.25, 0.3) is 0 Å². The summed E-state index contributed by atoms with van der Waals surface area (Å²) in [4.78, 5) is 4.40. The van der Waals surface area contributed by atoms with Crippen LogP contribution in [0.15, 0.2) is 30.3 Å². The molecule has 76 valence electrons. The maximum absolute atomic E-state index is 4.40. The van der Waals surface area contributed by atoms with Gasteiger partial charge < -0.3 is 0 Å². The SMILES string of the molecule is Cn1[nH]c(Cc2ccccc2)n[c]1=[Pt]. The number of aromatic amines is 1. The van der Waals surface area contributed by atoms with Gasteiger partial charge in [0.2, 0.25) is 0 Å². The molecule has 1 heterocycles. The number of H-pyrrole nitrogens is 1. The van der Waals surface area contributed by atoms with E-state index in [0.29, 0.717) is 0 Å². The number of hydrogen-bond donors (Lipinski definition) is 1. The Bertz CT molecular complexity index is 470. The summed E-state index contributed by atoms with van der Waals surface area (Å²) in [5, 5.41) is 3.19. The van der Waals surface area contributed by atoms with E-state index < -0.39 is 0 Å². The molecule has 0 atom stereocenters. The summed E-state index contributed by atoms with van der Waals surface area (Å²) >= 11 is 2.19. The second-order valence-corrected chi connectivity index (χ2v) is 4.15. The van der Waals surface area contributed by atoms with Gasteiger partial charge in [-0.3, -0.25) is 0 Å². The van der Waals surface area contributed by atoms with Gasteiger partial charge in [0, 0.05) is 0 Å². The van der Waals surface area contributed by atoms with Crippen LogP contribution in [-0.2, 0) is 32.8 Å². The molecule has 0 bridgehead atoms. The standard InChI is InChI=1S/C10H11N3.Pt/c1-13-8-11-10(12-13)7-9-5-3-2-4-6-9;/h2-6H,7H2,1H3,(H,11,12);. The molecule has 0 aliphatic rings. The van der Waals surface area contributed by atoms with Gasteiger partial charge in [0.25, 0.3) is 0 Å². The molecule has 0 aliphatic carbocycles. The third kappa shape index (κ3) is 2.10. The van der Waals surface area contributed by atoms with Crippen LogP contribution in [0, 0.1) is 3.80 Å². The first-order chi connectivity index (χ1) is 6.75. The molecule has 2 aromatic rings. The topological polar surface area (TPSA) is 33.6 Å². The maximum atomic E-state index is 4.40. The number of hydrogen-bond acceptors (Lipinski definition) is 1. The van der Waals surface area contributed by atoms with Gasteiger partial charge in [-0.05, 0) is 0 Å². The summed E-state index contributed by atoms with van der Waals surface area (Å²) in [5.74, 6) is 1.00. The molecule has 0 saturated heterocycles. The van der Waals surface area contributed by atoms with Crippen LogP contribution in [0.3, 0.4) is 0 Å². The van der Waals surface area contributed by atoms with E-state index in [9.17, 15) is 0 Å². The van der Waals surface area contributed by atoms with E-state index in [4.69, 9.17) is 0 Å². The van der Waals surface area contributed by atoms with Gasteiger partial charge in [-0.2, -0.15) is 0 Å². The van der Waals surface area contributed by atoms with Crippen molar-refractivity contribution in [3.8, 4) is 0 Å². The Kier molecular flexibility index (Phi) is 2.78. The molecule has 0 radical (unpaired) electrons. The number of aryl methyl sites for hydroxylation is 1. The van der Waals surface area contributed by atoms with E-state index >= 15 is 0 Å². The fraction of sp³-hybridized carbons (Fsp3) is 0.200. The molecule has 1 N–H and O–H groups in total. The van der Waals surface area contributed by atoms with Crippen molar-refractivity contribution in [2.24, 2.45) is 7.05 Å². The van der Waals surface area contributed by atoms with Gasteiger partial charge in [-0.1, -0.05) is 0 Å². The molecule has 0 spiro atoms. The first-order valence-corrected chi connectivity index (χ1v) is 5.50. The van der Waals surface area contributed by atoms with E-state index in [1.165, 1.54) is 5.56 Å². The summed E-state index contributed by atoms with van der Waals surface area (Å²) in [6, 6.07) is 10.3. The number of benzene rings is 1. The fourth-order valence-corrected chi connectivity index (χ4v) is 1.74. The zero-order chi connectivity index (χ0) is 9.97. The predicted molar refractivity (Wildman–Crippen MR) is 50.0 cm³/mol. The zero-order valence-corrected chi connectivity index (χ0v) is 10.1. The van der Waals surface area contributed by atoms with Crippen LogP contribution < -0.4 is 0 Å². The Morgan fingerprint density at radius 1 is 1.36 bits per heavy atom. The summed E-state index contributed by atoms with van der Waals surface area (Å²) in [6.07, 6.45) is 0.859. The number of aromatic nitrogens is 3. The Morgan fingerprint density at radius 2 is 2.07 bits per heavy atom. The third-order valence-electron chi connectivity index (χ3n) is 1.99. The summed E-state index contributed by atoms with van der Waals surface area (Å²) in [7, 11) is 1.96. The average Bonchev–Trinajstić information content (AvgIpc) is 2.47. The molecular formula is C10H11N3Pt. The first kappa shape index (κ1) is 9.60. The van der Waals surface area contributed by atoms with Crippen molar-refractivity contribution in [2.45, 2.75) is 6.42 Å². The number of rotatable bonds is 2. The van der Waals surface area contributed by atoms with Crippen LogP contribution in [0.1, 0.15) is 11.4 Å². The van der Waals surface area contributed by atoms with Crippen LogP contribution >= 0.6 is 0 Å². The normalized spacial score (nSPS) is 10.5. The Labute approximate surface area is 93.2 Å². The van der Waals surface area contributed by atoms with E-state index in [2.05, 4.69) is 41.6 Å². The van der Waals surface area contributed by atoms with Crippen LogP contribution in [0.2, 0.25) is 0 Å². The van der Waals surface area contributed by atoms with Crippen molar-refractivity contribution in [3.05, 3.63) is 45.5 Å². The quantitative estimate of drug-likeness (QED) is 0.855. The summed E-state index contributed by atoms with van der Waals surface area (Å²) < 4.78 is 2.90. The molecule has 0 saturated carbocycles. The van der Waals surface area contributed by atoms with Crippen LogP contribution in [0.4, 0.5) is 0 Å². The Hall–Kier alpha value is -0.952. The molecule has 14 heavy (non-hydrogen) atoms. The van der Waals surface area contributed by atoms with Crippen molar-refractivity contribution in [3.63, 3.8) is 0 Å².